The second kappa shape index (κ2) is 10.7. The molecule has 37 heavy (non-hydrogen) atoms. The molecule has 0 amide bonds. The third-order valence-corrected chi connectivity index (χ3v) is 8.54. The number of piperidine rings is 2. The van der Waals surface area contributed by atoms with Crippen LogP contribution in [0.3, 0.4) is 0 Å². The first-order valence-corrected chi connectivity index (χ1v) is 14.0. The van der Waals surface area contributed by atoms with Crippen molar-refractivity contribution < 1.29 is 0 Å². The number of aromatic nitrogens is 4. The van der Waals surface area contributed by atoms with Gasteiger partial charge in [-0.2, -0.15) is 0 Å². The van der Waals surface area contributed by atoms with Gasteiger partial charge in [-0.25, -0.2) is 9.59 Å². The predicted octanol–water partition coefficient (Wildman–Crippen LogP) is 4.12. The zero-order valence-electron chi connectivity index (χ0n) is 21.6. The van der Waals surface area contributed by atoms with Crippen molar-refractivity contribution in [1.82, 2.24) is 28.9 Å². The molecule has 2 aliphatic heterocycles. The Morgan fingerprint density at radius 1 is 0.595 bits per heavy atom. The monoisotopic (exact) mass is 502 g/mol. The van der Waals surface area contributed by atoms with Gasteiger partial charge in [0.05, 0.1) is 22.1 Å². The van der Waals surface area contributed by atoms with Gasteiger partial charge < -0.3 is 19.8 Å². The zero-order valence-corrected chi connectivity index (χ0v) is 21.6. The van der Waals surface area contributed by atoms with Crippen LogP contribution in [0.25, 0.3) is 22.1 Å². The van der Waals surface area contributed by atoms with Gasteiger partial charge in [0.25, 0.3) is 0 Å². The number of nitrogens with one attached hydrogen (secondary N) is 2. The van der Waals surface area contributed by atoms with Crippen molar-refractivity contribution in [3.63, 3.8) is 0 Å². The number of likely N-dealkylation sites (tertiary alicyclic amines) is 2. The van der Waals surface area contributed by atoms with Crippen molar-refractivity contribution in [3.05, 3.63) is 69.5 Å². The van der Waals surface area contributed by atoms with E-state index >= 15 is 0 Å². The van der Waals surface area contributed by atoms with Crippen molar-refractivity contribution in [3.8, 4) is 0 Å². The zero-order chi connectivity index (χ0) is 25.2. The topological polar surface area (TPSA) is 82.1 Å². The lowest BCUT2D eigenvalue weighted by Gasteiger charge is -2.33. The fourth-order valence-corrected chi connectivity index (χ4v) is 6.52. The number of hydrogen-bond acceptors (Lipinski definition) is 4. The molecule has 2 fully saturated rings. The Kier molecular flexibility index (Phi) is 7.02. The summed E-state index contributed by atoms with van der Waals surface area (Å²) in [6.45, 7) is 6.57. The number of fused-ring (bicyclic) bond motifs is 2. The number of para-hydroxylation sites is 4. The van der Waals surface area contributed by atoms with E-state index in [1.54, 1.807) is 0 Å². The average molecular weight is 503 g/mol. The molecule has 6 rings (SSSR count). The highest BCUT2D eigenvalue weighted by Crippen LogP contribution is 2.26. The summed E-state index contributed by atoms with van der Waals surface area (Å²) in [6.07, 6.45) is 7.88. The summed E-state index contributed by atoms with van der Waals surface area (Å²) in [7, 11) is 0. The summed E-state index contributed by atoms with van der Waals surface area (Å²) in [5, 5.41) is 0. The molecule has 196 valence electrons. The van der Waals surface area contributed by atoms with Crippen molar-refractivity contribution in [2.75, 3.05) is 39.3 Å². The van der Waals surface area contributed by atoms with Crippen LogP contribution in [-0.2, 0) is 0 Å². The number of hydrogen-bond donors (Lipinski definition) is 2. The van der Waals surface area contributed by atoms with Crippen molar-refractivity contribution in [2.45, 2.75) is 57.0 Å². The first kappa shape index (κ1) is 24.2. The fourth-order valence-electron chi connectivity index (χ4n) is 6.52. The Morgan fingerprint density at radius 3 is 1.43 bits per heavy atom. The Balaban J connectivity index is 0.901. The highest BCUT2D eigenvalue weighted by molar-refractivity contribution is 5.75. The van der Waals surface area contributed by atoms with Crippen molar-refractivity contribution >= 4 is 22.1 Å². The van der Waals surface area contributed by atoms with Gasteiger partial charge in [0, 0.05) is 38.3 Å². The van der Waals surface area contributed by atoms with E-state index in [4.69, 9.17) is 0 Å². The molecule has 2 aliphatic rings. The van der Waals surface area contributed by atoms with E-state index in [1.165, 1.54) is 19.3 Å². The Hall–Kier alpha value is -3.10. The summed E-state index contributed by atoms with van der Waals surface area (Å²) < 4.78 is 3.95. The SMILES string of the molecule is O=c1[nH]c2ccccc2n1C1CCN(CCCCCN2CCC(n3c(=O)[nH]c4ccccc43)CC2)CC1. The number of aromatic amines is 2. The minimum absolute atomic E-state index is 0.0252. The van der Waals surface area contributed by atoms with Crippen LogP contribution in [0, 0.1) is 0 Å². The number of benzene rings is 2. The lowest BCUT2D eigenvalue weighted by atomic mass is 10.0. The molecule has 0 unspecified atom stereocenters. The molecular formula is C29H38N6O2. The van der Waals surface area contributed by atoms with Crippen molar-refractivity contribution in [2.24, 2.45) is 0 Å². The van der Waals surface area contributed by atoms with Crippen LogP contribution in [0.2, 0.25) is 0 Å². The van der Waals surface area contributed by atoms with Gasteiger partial charge in [-0.05, 0) is 75.9 Å². The van der Waals surface area contributed by atoms with Gasteiger partial charge in [-0.3, -0.25) is 9.13 Å². The van der Waals surface area contributed by atoms with E-state index < -0.39 is 0 Å². The minimum Gasteiger partial charge on any atom is -0.306 e. The molecule has 4 heterocycles. The minimum atomic E-state index is 0.0252. The number of unbranched alkanes of at least 4 members (excludes halogenated alkanes) is 2. The van der Waals surface area contributed by atoms with Gasteiger partial charge >= 0.3 is 11.4 Å². The van der Waals surface area contributed by atoms with Crippen LogP contribution in [-0.4, -0.2) is 68.2 Å². The smallest absolute Gasteiger partial charge is 0.306 e. The molecule has 0 radical (unpaired) electrons. The van der Waals surface area contributed by atoms with Gasteiger partial charge in [-0.15, -0.1) is 0 Å². The largest absolute Gasteiger partial charge is 0.326 e. The second-order valence-corrected chi connectivity index (χ2v) is 10.8. The van der Waals surface area contributed by atoms with Crippen molar-refractivity contribution in [1.29, 1.82) is 0 Å². The molecule has 4 aromatic rings. The molecule has 2 aromatic heterocycles. The van der Waals surface area contributed by atoms with E-state index in [0.717, 1.165) is 87.0 Å². The maximum atomic E-state index is 12.5. The van der Waals surface area contributed by atoms with Gasteiger partial charge in [0.2, 0.25) is 0 Å². The van der Waals surface area contributed by atoms with Crippen LogP contribution in [0.1, 0.15) is 57.0 Å². The number of nitrogens with zero attached hydrogens (tertiary/aromatic N) is 4. The van der Waals surface area contributed by atoms with Gasteiger partial charge in [0.15, 0.2) is 0 Å². The van der Waals surface area contributed by atoms with Crippen LogP contribution < -0.4 is 11.4 Å². The van der Waals surface area contributed by atoms with Gasteiger partial charge in [-0.1, -0.05) is 30.7 Å². The molecule has 0 atom stereocenters. The number of imidazole rings is 2. The molecule has 0 spiro atoms. The number of rotatable bonds is 8. The van der Waals surface area contributed by atoms with E-state index in [1.807, 2.05) is 57.7 Å². The molecule has 2 saturated heterocycles. The van der Waals surface area contributed by atoms with Crippen LogP contribution in [0.5, 0.6) is 0 Å². The Morgan fingerprint density at radius 2 is 1.00 bits per heavy atom. The lowest BCUT2D eigenvalue weighted by Crippen LogP contribution is -2.38. The highest BCUT2D eigenvalue weighted by atomic mass is 16.1. The standard InChI is InChI=1S/C29H38N6O2/c36-28-30-24-8-2-4-10-26(24)34(28)22-12-18-32(19-13-22)16-6-1-7-17-33-20-14-23(15-21-33)35-27-11-5-3-9-25(27)31-29(35)37/h2-5,8-11,22-23H,1,6-7,12-21H2,(H,30,36)(H,31,37). The average Bonchev–Trinajstić information content (AvgIpc) is 3.44. The third kappa shape index (κ3) is 5.05. The fraction of sp³-hybridized carbons (Fsp3) is 0.517. The first-order valence-electron chi connectivity index (χ1n) is 14.0. The summed E-state index contributed by atoms with van der Waals surface area (Å²) >= 11 is 0. The molecule has 2 aromatic carbocycles. The summed E-state index contributed by atoms with van der Waals surface area (Å²) in [5.74, 6) is 0. The molecular weight excluding hydrogens is 464 g/mol. The summed E-state index contributed by atoms with van der Waals surface area (Å²) in [6, 6.07) is 16.6. The van der Waals surface area contributed by atoms with E-state index in [-0.39, 0.29) is 11.4 Å². The van der Waals surface area contributed by atoms with E-state index in [0.29, 0.717) is 12.1 Å². The molecule has 8 nitrogen and oxygen atoms in total. The highest BCUT2D eigenvalue weighted by Gasteiger charge is 2.24. The normalized spacial score (nSPS) is 18.8. The van der Waals surface area contributed by atoms with Crippen LogP contribution >= 0.6 is 0 Å². The van der Waals surface area contributed by atoms with Crippen LogP contribution in [0.4, 0.5) is 0 Å². The molecule has 0 aliphatic carbocycles. The molecule has 0 saturated carbocycles. The van der Waals surface area contributed by atoms with E-state index in [9.17, 15) is 9.59 Å². The predicted molar refractivity (Wildman–Crippen MR) is 148 cm³/mol. The maximum absolute atomic E-state index is 12.5. The molecule has 0 bridgehead atoms. The Labute approximate surface area is 216 Å². The second-order valence-electron chi connectivity index (χ2n) is 10.8. The lowest BCUT2D eigenvalue weighted by molar-refractivity contribution is 0.173. The third-order valence-electron chi connectivity index (χ3n) is 8.54. The summed E-state index contributed by atoms with van der Waals surface area (Å²) in [5.41, 5.74) is 3.98. The first-order chi connectivity index (χ1) is 18.2. The van der Waals surface area contributed by atoms with Gasteiger partial charge in [0.1, 0.15) is 0 Å². The molecule has 8 heteroatoms. The number of H-pyrrole nitrogens is 2. The van der Waals surface area contributed by atoms with Crippen LogP contribution in [0.15, 0.2) is 58.1 Å². The van der Waals surface area contributed by atoms with E-state index in [2.05, 4.69) is 19.8 Å². The quantitative estimate of drug-likeness (QED) is 0.355. The summed E-state index contributed by atoms with van der Waals surface area (Å²) in [4.78, 5) is 36.2. The maximum Gasteiger partial charge on any atom is 0.326 e. The molecule has 2 N–H and O–H groups in total. The Bertz CT molecular complexity index is 1340.